The van der Waals surface area contributed by atoms with Crippen LogP contribution >= 0.6 is 11.3 Å². The lowest BCUT2D eigenvalue weighted by molar-refractivity contribution is 0.0696. The number of nitrogens with one attached hydrogen (secondary N) is 1. The van der Waals surface area contributed by atoms with Crippen molar-refractivity contribution in [3.05, 3.63) is 40.2 Å². The smallest absolute Gasteiger partial charge is 0.339 e. The van der Waals surface area contributed by atoms with Crippen LogP contribution in [0.2, 0.25) is 0 Å². The zero-order valence-corrected chi connectivity index (χ0v) is 14.6. The highest BCUT2D eigenvalue weighted by molar-refractivity contribution is 7.12. The maximum Gasteiger partial charge on any atom is 0.339 e. The second kappa shape index (κ2) is 8.44. The molecule has 24 heavy (non-hydrogen) atoms. The summed E-state index contributed by atoms with van der Waals surface area (Å²) in [5.74, 6) is -0.888. The molecular weight excluding hydrogens is 326 g/mol. The van der Waals surface area contributed by atoms with Crippen LogP contribution in [0.25, 0.3) is 0 Å². The summed E-state index contributed by atoms with van der Waals surface area (Å²) in [6.45, 7) is 5.48. The Hall–Kier alpha value is -2.41. The molecule has 2 aromatic heterocycles. The number of unbranched alkanes of at least 4 members (excludes halogenated alkanes) is 1. The van der Waals surface area contributed by atoms with Gasteiger partial charge in [-0.05, 0) is 30.9 Å². The van der Waals surface area contributed by atoms with Crippen LogP contribution in [0.1, 0.15) is 46.7 Å². The van der Waals surface area contributed by atoms with Crippen molar-refractivity contribution in [2.45, 2.75) is 26.7 Å². The van der Waals surface area contributed by atoms with Gasteiger partial charge in [0.1, 0.15) is 11.4 Å². The van der Waals surface area contributed by atoms with E-state index >= 15 is 0 Å². The average Bonchev–Trinajstić information content (AvgIpc) is 3.11. The third-order valence-electron chi connectivity index (χ3n) is 3.56. The number of anilines is 2. The molecule has 128 valence electrons. The van der Waals surface area contributed by atoms with Crippen LogP contribution in [0.15, 0.2) is 29.8 Å². The number of rotatable bonds is 8. The highest BCUT2D eigenvalue weighted by Gasteiger charge is 2.18. The van der Waals surface area contributed by atoms with Gasteiger partial charge in [0.25, 0.3) is 5.91 Å². The number of aromatic nitrogens is 1. The van der Waals surface area contributed by atoms with Crippen LogP contribution in [-0.4, -0.2) is 35.1 Å². The molecular formula is C17H21N3O3S. The van der Waals surface area contributed by atoms with E-state index in [9.17, 15) is 14.7 Å². The molecule has 0 atom stereocenters. The van der Waals surface area contributed by atoms with E-state index in [0.29, 0.717) is 22.9 Å². The van der Waals surface area contributed by atoms with Gasteiger partial charge in [0.05, 0.1) is 16.8 Å². The molecule has 6 nitrogen and oxygen atoms in total. The summed E-state index contributed by atoms with van der Waals surface area (Å²) < 4.78 is 0. The summed E-state index contributed by atoms with van der Waals surface area (Å²) in [5.41, 5.74) is 0.470. The van der Waals surface area contributed by atoms with Crippen LogP contribution in [0, 0.1) is 0 Å². The number of carboxylic acids is 1. The molecule has 0 spiro atoms. The molecule has 0 saturated carbocycles. The Kier molecular flexibility index (Phi) is 6.31. The van der Waals surface area contributed by atoms with Gasteiger partial charge in [0.15, 0.2) is 0 Å². The molecule has 0 saturated heterocycles. The molecule has 2 aromatic rings. The lowest BCUT2D eigenvalue weighted by atomic mass is 10.2. The van der Waals surface area contributed by atoms with Crippen LogP contribution < -0.4 is 10.2 Å². The lowest BCUT2D eigenvalue weighted by Crippen LogP contribution is -2.27. The summed E-state index contributed by atoms with van der Waals surface area (Å²) in [4.78, 5) is 30.5. The second-order valence-corrected chi connectivity index (χ2v) is 6.21. The molecule has 0 aliphatic heterocycles. The van der Waals surface area contributed by atoms with Crippen molar-refractivity contribution in [1.29, 1.82) is 0 Å². The van der Waals surface area contributed by atoms with E-state index < -0.39 is 5.97 Å². The normalized spacial score (nSPS) is 10.4. The van der Waals surface area contributed by atoms with Crippen molar-refractivity contribution >= 4 is 34.7 Å². The predicted octanol–water partition coefficient (Wildman–Crippen LogP) is 3.72. The Balaban J connectivity index is 2.25. The second-order valence-electron chi connectivity index (χ2n) is 5.26. The average molecular weight is 347 g/mol. The molecule has 7 heteroatoms. The van der Waals surface area contributed by atoms with Gasteiger partial charge in [0, 0.05) is 13.1 Å². The summed E-state index contributed by atoms with van der Waals surface area (Å²) in [5, 5.41) is 14.0. The molecule has 2 heterocycles. The standard InChI is InChI=1S/C17H21N3O3S/c1-3-5-8-20(4-2)15-13(17(22)23)10-12(11-18-15)19-16(21)14-7-6-9-24-14/h6-7,9-11H,3-5,8H2,1-2H3,(H,19,21)(H,22,23). The fraction of sp³-hybridized carbons (Fsp3) is 0.353. The molecule has 1 amide bonds. The number of aromatic carboxylic acids is 1. The number of carbonyl (C=O) groups is 2. The lowest BCUT2D eigenvalue weighted by Gasteiger charge is -2.23. The van der Waals surface area contributed by atoms with Gasteiger partial charge in [-0.3, -0.25) is 4.79 Å². The number of amides is 1. The van der Waals surface area contributed by atoms with Gasteiger partial charge in [0.2, 0.25) is 0 Å². The number of carboxylic acid groups (broad SMARTS) is 1. The van der Waals surface area contributed by atoms with E-state index in [1.54, 1.807) is 12.1 Å². The zero-order valence-electron chi connectivity index (χ0n) is 13.8. The third kappa shape index (κ3) is 4.32. The summed E-state index contributed by atoms with van der Waals surface area (Å²) in [6.07, 6.45) is 3.49. The van der Waals surface area contributed by atoms with Crippen molar-refractivity contribution < 1.29 is 14.7 Å². The minimum Gasteiger partial charge on any atom is -0.478 e. The van der Waals surface area contributed by atoms with E-state index in [2.05, 4.69) is 17.2 Å². The molecule has 0 bridgehead atoms. The Labute approximate surface area is 145 Å². The maximum absolute atomic E-state index is 12.1. The van der Waals surface area contributed by atoms with Crippen molar-refractivity contribution in [3.8, 4) is 0 Å². The van der Waals surface area contributed by atoms with E-state index in [1.165, 1.54) is 23.6 Å². The summed E-state index contributed by atoms with van der Waals surface area (Å²) in [7, 11) is 0. The van der Waals surface area contributed by atoms with Gasteiger partial charge >= 0.3 is 5.97 Å². The molecule has 0 aromatic carbocycles. The van der Waals surface area contributed by atoms with Crippen molar-refractivity contribution in [2.24, 2.45) is 0 Å². The first kappa shape index (κ1) is 17.9. The number of hydrogen-bond acceptors (Lipinski definition) is 5. The van der Waals surface area contributed by atoms with Gasteiger partial charge in [-0.2, -0.15) is 0 Å². The molecule has 0 aliphatic rings. The van der Waals surface area contributed by atoms with Crippen LogP contribution in [0.3, 0.4) is 0 Å². The highest BCUT2D eigenvalue weighted by atomic mass is 32.1. The Morgan fingerprint density at radius 3 is 2.75 bits per heavy atom. The minimum absolute atomic E-state index is 0.0944. The van der Waals surface area contributed by atoms with E-state index in [1.807, 2.05) is 17.2 Å². The molecule has 2 N–H and O–H groups in total. The van der Waals surface area contributed by atoms with Crippen LogP contribution in [0.5, 0.6) is 0 Å². The van der Waals surface area contributed by atoms with Gasteiger partial charge in [-0.1, -0.05) is 19.4 Å². The first-order valence-corrected chi connectivity index (χ1v) is 8.77. The molecule has 0 fully saturated rings. The molecule has 2 rings (SSSR count). The van der Waals surface area contributed by atoms with Crippen molar-refractivity contribution in [3.63, 3.8) is 0 Å². The number of nitrogens with zero attached hydrogens (tertiary/aromatic N) is 2. The summed E-state index contributed by atoms with van der Waals surface area (Å²) >= 11 is 1.32. The Morgan fingerprint density at radius 2 is 2.17 bits per heavy atom. The fourth-order valence-electron chi connectivity index (χ4n) is 2.30. The fourth-order valence-corrected chi connectivity index (χ4v) is 2.92. The Morgan fingerprint density at radius 1 is 1.38 bits per heavy atom. The van der Waals surface area contributed by atoms with Gasteiger partial charge < -0.3 is 15.3 Å². The topological polar surface area (TPSA) is 82.5 Å². The number of pyridine rings is 1. The quantitative estimate of drug-likeness (QED) is 0.760. The highest BCUT2D eigenvalue weighted by Crippen LogP contribution is 2.22. The zero-order chi connectivity index (χ0) is 17.5. The van der Waals surface area contributed by atoms with E-state index in [0.717, 1.165) is 19.4 Å². The van der Waals surface area contributed by atoms with Gasteiger partial charge in [-0.25, -0.2) is 9.78 Å². The molecule has 0 aliphatic carbocycles. The van der Waals surface area contributed by atoms with Crippen LogP contribution in [0.4, 0.5) is 11.5 Å². The first-order chi connectivity index (χ1) is 11.6. The Bertz CT molecular complexity index is 701. The predicted molar refractivity (Wildman–Crippen MR) is 96.3 cm³/mol. The van der Waals surface area contributed by atoms with Crippen molar-refractivity contribution in [2.75, 3.05) is 23.3 Å². The summed E-state index contributed by atoms with van der Waals surface area (Å²) in [6, 6.07) is 4.96. The van der Waals surface area contributed by atoms with Crippen LogP contribution in [-0.2, 0) is 0 Å². The molecule has 0 unspecified atom stereocenters. The first-order valence-electron chi connectivity index (χ1n) is 7.90. The monoisotopic (exact) mass is 347 g/mol. The maximum atomic E-state index is 12.1. The number of carbonyl (C=O) groups excluding carboxylic acids is 1. The van der Waals surface area contributed by atoms with E-state index in [-0.39, 0.29) is 11.5 Å². The molecule has 0 radical (unpaired) electrons. The minimum atomic E-state index is -1.06. The number of thiophene rings is 1. The van der Waals surface area contributed by atoms with Crippen molar-refractivity contribution in [1.82, 2.24) is 4.98 Å². The SMILES string of the molecule is CCCCN(CC)c1ncc(NC(=O)c2cccs2)cc1C(=O)O. The largest absolute Gasteiger partial charge is 0.478 e. The van der Waals surface area contributed by atoms with Gasteiger partial charge in [-0.15, -0.1) is 11.3 Å². The van der Waals surface area contributed by atoms with E-state index in [4.69, 9.17) is 0 Å². The number of hydrogen-bond donors (Lipinski definition) is 2. The third-order valence-corrected chi connectivity index (χ3v) is 4.43.